The Bertz CT molecular complexity index is 317. The lowest BCUT2D eigenvalue weighted by Gasteiger charge is -1.98. The van der Waals surface area contributed by atoms with Gasteiger partial charge in [-0.2, -0.15) is 4.99 Å². The highest BCUT2D eigenvalue weighted by Crippen LogP contribution is 2.17. The Kier molecular flexibility index (Phi) is 2.65. The monoisotopic (exact) mass is 228 g/mol. The smallest absolute Gasteiger partial charge is 0.192 e. The fourth-order valence-corrected chi connectivity index (χ4v) is 0.946. The lowest BCUT2D eigenvalue weighted by Crippen LogP contribution is -2.22. The topological polar surface area (TPSA) is 77.3 Å². The van der Waals surface area contributed by atoms with E-state index in [0.717, 1.165) is 10.2 Å². The Morgan fingerprint density at radius 2 is 2.17 bits per heavy atom. The molecule has 0 unspecified atom stereocenters. The van der Waals surface area contributed by atoms with Gasteiger partial charge in [-0.25, -0.2) is 4.98 Å². The number of guanidine groups is 1. The number of aryl methyl sites for hydroxylation is 1. The van der Waals surface area contributed by atoms with E-state index in [1.54, 1.807) is 6.07 Å². The zero-order valence-corrected chi connectivity index (χ0v) is 8.17. The van der Waals surface area contributed by atoms with Crippen LogP contribution in [0.2, 0.25) is 0 Å². The van der Waals surface area contributed by atoms with E-state index in [4.69, 9.17) is 11.5 Å². The molecule has 0 spiro atoms. The van der Waals surface area contributed by atoms with Gasteiger partial charge in [0.05, 0.1) is 5.69 Å². The lowest BCUT2D eigenvalue weighted by atomic mass is 10.4. The van der Waals surface area contributed by atoms with E-state index in [2.05, 4.69) is 25.9 Å². The van der Waals surface area contributed by atoms with Gasteiger partial charge >= 0.3 is 0 Å². The van der Waals surface area contributed by atoms with Crippen molar-refractivity contribution in [2.75, 3.05) is 0 Å². The zero-order chi connectivity index (χ0) is 9.14. The van der Waals surface area contributed by atoms with Gasteiger partial charge < -0.3 is 11.5 Å². The molecule has 0 aliphatic carbocycles. The predicted molar refractivity (Wildman–Crippen MR) is 52.1 cm³/mol. The van der Waals surface area contributed by atoms with Crippen LogP contribution >= 0.6 is 15.9 Å². The molecule has 0 saturated heterocycles. The van der Waals surface area contributed by atoms with Gasteiger partial charge in [0.25, 0.3) is 0 Å². The molecule has 1 aromatic heterocycles. The zero-order valence-electron chi connectivity index (χ0n) is 6.58. The van der Waals surface area contributed by atoms with Crippen LogP contribution in [0.15, 0.2) is 21.6 Å². The van der Waals surface area contributed by atoms with Crippen LogP contribution in [0.5, 0.6) is 0 Å². The molecular formula is C7H9BrN4. The highest BCUT2D eigenvalue weighted by atomic mass is 79.9. The summed E-state index contributed by atoms with van der Waals surface area (Å²) in [4.78, 5) is 7.92. The van der Waals surface area contributed by atoms with E-state index in [1.165, 1.54) is 0 Å². The molecular weight excluding hydrogens is 220 g/mol. The van der Waals surface area contributed by atoms with Crippen LogP contribution in [0, 0.1) is 6.92 Å². The number of aromatic nitrogens is 1. The van der Waals surface area contributed by atoms with Gasteiger partial charge in [-0.15, -0.1) is 0 Å². The van der Waals surface area contributed by atoms with Crippen molar-refractivity contribution in [1.82, 2.24) is 4.98 Å². The molecule has 5 heteroatoms. The SMILES string of the molecule is Cc1nc(N=C(N)N)ccc1Br. The first-order chi connectivity index (χ1) is 5.59. The summed E-state index contributed by atoms with van der Waals surface area (Å²) in [5.74, 6) is 0.542. The molecule has 4 N–H and O–H groups in total. The summed E-state index contributed by atoms with van der Waals surface area (Å²) in [5, 5.41) is 0. The van der Waals surface area contributed by atoms with Gasteiger partial charge in [0.2, 0.25) is 0 Å². The average molecular weight is 229 g/mol. The third kappa shape index (κ3) is 2.20. The summed E-state index contributed by atoms with van der Waals surface area (Å²) in [6, 6.07) is 3.58. The van der Waals surface area contributed by atoms with Gasteiger partial charge in [-0.1, -0.05) is 0 Å². The van der Waals surface area contributed by atoms with Crippen molar-refractivity contribution in [3.05, 3.63) is 22.3 Å². The molecule has 0 fully saturated rings. The molecule has 0 radical (unpaired) electrons. The number of aliphatic imine (C=N–C) groups is 1. The standard InChI is InChI=1S/C7H9BrN4/c1-4-5(8)2-3-6(11-4)12-7(9)10/h2-3H,1H3,(H4,9,10,11,12). The van der Waals surface area contributed by atoms with Crippen molar-refractivity contribution in [1.29, 1.82) is 0 Å². The molecule has 4 nitrogen and oxygen atoms in total. The number of hydrogen-bond donors (Lipinski definition) is 2. The van der Waals surface area contributed by atoms with Crippen LogP contribution < -0.4 is 11.5 Å². The van der Waals surface area contributed by atoms with E-state index in [9.17, 15) is 0 Å². The minimum atomic E-state index is 0.0178. The summed E-state index contributed by atoms with van der Waals surface area (Å²) in [6.45, 7) is 1.87. The van der Waals surface area contributed by atoms with Crippen molar-refractivity contribution < 1.29 is 0 Å². The lowest BCUT2D eigenvalue weighted by molar-refractivity contribution is 1.15. The summed E-state index contributed by atoms with van der Waals surface area (Å²) in [6.07, 6.45) is 0. The largest absolute Gasteiger partial charge is 0.370 e. The minimum Gasteiger partial charge on any atom is -0.370 e. The van der Waals surface area contributed by atoms with Gasteiger partial charge in [0.1, 0.15) is 0 Å². The molecule has 1 heterocycles. The number of halogens is 1. The summed E-state index contributed by atoms with van der Waals surface area (Å²) in [7, 11) is 0. The predicted octanol–water partition coefficient (Wildman–Crippen LogP) is 1.06. The van der Waals surface area contributed by atoms with Crippen LogP contribution in [-0.4, -0.2) is 10.9 Å². The molecule has 0 aliphatic heterocycles. The second-order valence-electron chi connectivity index (χ2n) is 2.27. The second kappa shape index (κ2) is 3.53. The van der Waals surface area contributed by atoms with Crippen molar-refractivity contribution in [2.45, 2.75) is 6.92 Å². The molecule has 64 valence electrons. The van der Waals surface area contributed by atoms with Gasteiger partial charge in [0, 0.05) is 4.47 Å². The first-order valence-electron chi connectivity index (χ1n) is 3.32. The first kappa shape index (κ1) is 8.99. The van der Waals surface area contributed by atoms with Crippen LogP contribution in [0.25, 0.3) is 0 Å². The molecule has 12 heavy (non-hydrogen) atoms. The maximum atomic E-state index is 5.19. The van der Waals surface area contributed by atoms with E-state index in [1.807, 2.05) is 13.0 Å². The third-order valence-corrected chi connectivity index (χ3v) is 2.09. The quantitative estimate of drug-likeness (QED) is 0.558. The molecule has 1 rings (SSSR count). The highest BCUT2D eigenvalue weighted by Gasteiger charge is 1.96. The maximum absolute atomic E-state index is 5.19. The number of nitrogens with two attached hydrogens (primary N) is 2. The van der Waals surface area contributed by atoms with E-state index < -0.39 is 0 Å². The van der Waals surface area contributed by atoms with Crippen molar-refractivity contribution in [2.24, 2.45) is 16.5 Å². The van der Waals surface area contributed by atoms with Crippen molar-refractivity contribution in [3.63, 3.8) is 0 Å². The average Bonchev–Trinajstić information content (AvgIpc) is 1.96. The molecule has 0 amide bonds. The molecule has 0 aromatic carbocycles. The maximum Gasteiger partial charge on any atom is 0.192 e. The number of rotatable bonds is 1. The summed E-state index contributed by atoms with van der Waals surface area (Å²) < 4.78 is 0.942. The minimum absolute atomic E-state index is 0.0178. The summed E-state index contributed by atoms with van der Waals surface area (Å²) >= 11 is 3.32. The van der Waals surface area contributed by atoms with Gasteiger partial charge in [-0.05, 0) is 35.0 Å². The first-order valence-corrected chi connectivity index (χ1v) is 4.11. The van der Waals surface area contributed by atoms with E-state index in [-0.39, 0.29) is 5.96 Å². The molecule has 0 bridgehead atoms. The molecule has 1 aromatic rings. The van der Waals surface area contributed by atoms with Gasteiger partial charge in [0.15, 0.2) is 11.8 Å². The van der Waals surface area contributed by atoms with Crippen molar-refractivity contribution >= 4 is 27.7 Å². The normalized spacial score (nSPS) is 9.50. The van der Waals surface area contributed by atoms with Crippen LogP contribution in [-0.2, 0) is 0 Å². The van der Waals surface area contributed by atoms with Crippen LogP contribution in [0.4, 0.5) is 5.82 Å². The Morgan fingerprint density at radius 1 is 1.50 bits per heavy atom. The van der Waals surface area contributed by atoms with Crippen LogP contribution in [0.3, 0.4) is 0 Å². The van der Waals surface area contributed by atoms with E-state index in [0.29, 0.717) is 5.82 Å². The third-order valence-electron chi connectivity index (χ3n) is 1.25. The molecule has 0 saturated carbocycles. The number of nitrogens with zero attached hydrogens (tertiary/aromatic N) is 2. The van der Waals surface area contributed by atoms with Crippen molar-refractivity contribution in [3.8, 4) is 0 Å². The summed E-state index contributed by atoms with van der Waals surface area (Å²) in [5.41, 5.74) is 11.2. The molecule has 0 aliphatic rings. The Hall–Kier alpha value is -1.10. The number of hydrogen-bond acceptors (Lipinski definition) is 2. The fourth-order valence-electron chi connectivity index (χ4n) is 0.725. The second-order valence-corrected chi connectivity index (χ2v) is 3.13. The van der Waals surface area contributed by atoms with Crippen LogP contribution in [0.1, 0.15) is 5.69 Å². The fraction of sp³-hybridized carbons (Fsp3) is 0.143. The van der Waals surface area contributed by atoms with Gasteiger partial charge in [-0.3, -0.25) is 0 Å². The Morgan fingerprint density at radius 3 is 2.67 bits per heavy atom. The van der Waals surface area contributed by atoms with E-state index >= 15 is 0 Å². The molecule has 0 atom stereocenters. The number of pyridine rings is 1. The Labute approximate surface area is 78.8 Å². The highest BCUT2D eigenvalue weighted by molar-refractivity contribution is 9.10. The Balaban J connectivity index is 3.05.